The van der Waals surface area contributed by atoms with Crippen LogP contribution in [0.3, 0.4) is 0 Å². The number of benzene rings is 2. The molecule has 8 nitrogen and oxygen atoms in total. The van der Waals surface area contributed by atoms with Crippen LogP contribution < -0.4 is 20.7 Å². The molecular formula is C25H27ClF3N5O3. The van der Waals surface area contributed by atoms with Gasteiger partial charge in [-0.25, -0.2) is 4.98 Å². The number of aryl methyl sites for hydroxylation is 1. The van der Waals surface area contributed by atoms with Crippen molar-refractivity contribution in [3.05, 3.63) is 46.5 Å². The van der Waals surface area contributed by atoms with Gasteiger partial charge in [0.25, 0.3) is 5.91 Å². The second kappa shape index (κ2) is 10.1. The first-order valence-electron chi connectivity index (χ1n) is 11.7. The molecule has 4 rings (SSSR count). The molecule has 0 aliphatic heterocycles. The van der Waals surface area contributed by atoms with Gasteiger partial charge in [-0.1, -0.05) is 24.6 Å². The number of rotatable bonds is 9. The van der Waals surface area contributed by atoms with E-state index in [0.717, 1.165) is 6.42 Å². The van der Waals surface area contributed by atoms with Crippen LogP contribution in [0.1, 0.15) is 42.1 Å². The van der Waals surface area contributed by atoms with Crippen LogP contribution >= 0.6 is 11.6 Å². The van der Waals surface area contributed by atoms with E-state index in [1.807, 2.05) is 6.92 Å². The minimum atomic E-state index is -4.57. The molecule has 0 spiro atoms. The van der Waals surface area contributed by atoms with E-state index in [1.165, 1.54) is 7.11 Å². The van der Waals surface area contributed by atoms with E-state index >= 15 is 0 Å². The van der Waals surface area contributed by atoms with Crippen molar-refractivity contribution in [2.24, 2.45) is 12.5 Å². The third-order valence-electron chi connectivity index (χ3n) is 6.44. The molecule has 0 atom stereocenters. The number of hydrogen-bond acceptors (Lipinski definition) is 5. The van der Waals surface area contributed by atoms with Gasteiger partial charge in [0.15, 0.2) is 0 Å². The molecule has 1 aromatic heterocycles. The average Bonchev–Trinajstić information content (AvgIpc) is 3.64. The molecule has 1 aliphatic rings. The summed E-state index contributed by atoms with van der Waals surface area (Å²) in [6.07, 6.45) is -4.17. The minimum absolute atomic E-state index is 0.0848. The number of methoxy groups -OCH3 is 1. The molecule has 0 radical (unpaired) electrons. The van der Waals surface area contributed by atoms with Gasteiger partial charge in [0.1, 0.15) is 11.2 Å². The highest BCUT2D eigenvalue weighted by molar-refractivity contribution is 6.33. The van der Waals surface area contributed by atoms with Crippen LogP contribution in [0.15, 0.2) is 30.3 Å². The van der Waals surface area contributed by atoms with E-state index in [0.29, 0.717) is 51.1 Å². The molecule has 0 saturated heterocycles. The van der Waals surface area contributed by atoms with Gasteiger partial charge in [-0.15, -0.1) is 0 Å². The number of ether oxygens (including phenoxy) is 1. The van der Waals surface area contributed by atoms with E-state index in [1.54, 1.807) is 41.9 Å². The normalized spacial score (nSPS) is 14.4. The zero-order valence-corrected chi connectivity index (χ0v) is 21.3. The lowest BCUT2D eigenvalue weighted by Gasteiger charge is -2.18. The topological polar surface area (TPSA) is 97.3 Å². The predicted octanol–water partition coefficient (Wildman–Crippen LogP) is 5.08. The molecule has 1 aliphatic carbocycles. The van der Waals surface area contributed by atoms with E-state index in [2.05, 4.69) is 20.9 Å². The summed E-state index contributed by atoms with van der Waals surface area (Å²) in [7, 11) is 3.26. The van der Waals surface area contributed by atoms with Crippen LogP contribution in [-0.2, 0) is 18.4 Å². The van der Waals surface area contributed by atoms with Gasteiger partial charge in [-0.3, -0.25) is 9.59 Å². The third-order valence-corrected chi connectivity index (χ3v) is 6.77. The van der Waals surface area contributed by atoms with Gasteiger partial charge in [0, 0.05) is 26.2 Å². The van der Waals surface area contributed by atoms with Crippen LogP contribution in [0.2, 0.25) is 5.02 Å². The molecule has 1 saturated carbocycles. The number of fused-ring (bicyclic) bond motifs is 1. The molecule has 1 fully saturated rings. The first-order chi connectivity index (χ1) is 17.5. The molecule has 2 amide bonds. The van der Waals surface area contributed by atoms with Crippen LogP contribution in [0, 0.1) is 5.41 Å². The maximum atomic E-state index is 13.2. The highest BCUT2D eigenvalue weighted by Gasteiger charge is 2.68. The SMILES string of the molecule is CCCNC(=O)c1cc2nc(Nc3cc(CNC(=O)C4(C(F)(F)F)CC4)ccc3Cl)n(C)c2cc1OC. The number of amides is 2. The Kier molecular flexibility index (Phi) is 7.27. The molecule has 198 valence electrons. The van der Waals surface area contributed by atoms with Gasteiger partial charge in [0.2, 0.25) is 11.9 Å². The second-order valence-electron chi connectivity index (χ2n) is 8.99. The summed E-state index contributed by atoms with van der Waals surface area (Å²) in [6.45, 7) is 2.40. The molecule has 12 heteroatoms. The quantitative estimate of drug-likeness (QED) is 0.354. The highest BCUT2D eigenvalue weighted by Crippen LogP contribution is 2.57. The third kappa shape index (κ3) is 5.18. The van der Waals surface area contributed by atoms with Gasteiger partial charge in [-0.2, -0.15) is 13.2 Å². The first-order valence-corrected chi connectivity index (χ1v) is 12.1. The zero-order chi connectivity index (χ0) is 27.0. The van der Waals surface area contributed by atoms with Crippen molar-refractivity contribution in [2.75, 3.05) is 19.0 Å². The molecule has 3 aromatic rings. The van der Waals surface area contributed by atoms with Crippen molar-refractivity contribution in [3.8, 4) is 5.75 Å². The fourth-order valence-electron chi connectivity index (χ4n) is 4.03. The number of alkyl halides is 3. The summed E-state index contributed by atoms with van der Waals surface area (Å²) < 4.78 is 46.8. The monoisotopic (exact) mass is 537 g/mol. The first kappa shape index (κ1) is 26.6. The van der Waals surface area contributed by atoms with Crippen molar-refractivity contribution in [3.63, 3.8) is 0 Å². The van der Waals surface area contributed by atoms with Crippen LogP contribution in [0.4, 0.5) is 24.8 Å². The maximum absolute atomic E-state index is 13.2. The standard InChI is InChI=1S/C25H27ClF3N5O3/c1-4-9-30-21(35)15-11-18-19(12-20(15)37-3)34(2)23(33-18)32-17-10-14(5-6-16(17)26)13-31-22(36)24(7-8-24)25(27,28)29/h5-6,10-12H,4,7-9,13H2,1-3H3,(H,30,35)(H,31,36)(H,32,33). The lowest BCUT2D eigenvalue weighted by molar-refractivity contribution is -0.192. The summed E-state index contributed by atoms with van der Waals surface area (Å²) in [4.78, 5) is 29.3. The van der Waals surface area contributed by atoms with E-state index in [-0.39, 0.29) is 25.3 Å². The number of anilines is 2. The predicted molar refractivity (Wildman–Crippen MR) is 134 cm³/mol. The summed E-state index contributed by atoms with van der Waals surface area (Å²) in [6, 6.07) is 8.22. The Morgan fingerprint density at radius 3 is 2.54 bits per heavy atom. The fraction of sp³-hybridized carbons (Fsp3) is 0.400. The van der Waals surface area contributed by atoms with Crippen LogP contribution in [-0.4, -0.2) is 41.2 Å². The van der Waals surface area contributed by atoms with Crippen molar-refractivity contribution in [1.29, 1.82) is 0 Å². The highest BCUT2D eigenvalue weighted by atomic mass is 35.5. The van der Waals surface area contributed by atoms with E-state index in [9.17, 15) is 22.8 Å². The number of nitrogens with one attached hydrogen (secondary N) is 3. The Balaban J connectivity index is 1.55. The number of nitrogens with zero attached hydrogens (tertiary/aromatic N) is 2. The number of aromatic nitrogens is 2. The van der Waals surface area contributed by atoms with Gasteiger partial charge < -0.3 is 25.3 Å². The van der Waals surface area contributed by atoms with Gasteiger partial charge >= 0.3 is 6.18 Å². The van der Waals surface area contributed by atoms with Crippen molar-refractivity contribution < 1.29 is 27.5 Å². The number of hydrogen-bond donors (Lipinski definition) is 3. The minimum Gasteiger partial charge on any atom is -0.496 e. The zero-order valence-electron chi connectivity index (χ0n) is 20.6. The smallest absolute Gasteiger partial charge is 0.403 e. The van der Waals surface area contributed by atoms with Crippen molar-refractivity contribution in [1.82, 2.24) is 20.2 Å². The number of carbonyl (C=O) groups is 2. The largest absolute Gasteiger partial charge is 0.496 e. The summed E-state index contributed by atoms with van der Waals surface area (Å²) in [5.74, 6) is -0.469. The maximum Gasteiger partial charge on any atom is 0.403 e. The summed E-state index contributed by atoms with van der Waals surface area (Å²) >= 11 is 6.36. The fourth-order valence-corrected chi connectivity index (χ4v) is 4.19. The summed E-state index contributed by atoms with van der Waals surface area (Å²) in [5.41, 5.74) is 0.351. The Labute approximate surface area is 216 Å². The van der Waals surface area contributed by atoms with E-state index < -0.39 is 17.5 Å². The molecule has 0 unspecified atom stereocenters. The molecule has 3 N–H and O–H groups in total. The van der Waals surface area contributed by atoms with Gasteiger partial charge in [0.05, 0.1) is 34.4 Å². The number of carbonyl (C=O) groups excluding carboxylic acids is 2. The molecule has 1 heterocycles. The van der Waals surface area contributed by atoms with Crippen molar-refractivity contribution >= 4 is 46.1 Å². The molecule has 0 bridgehead atoms. The number of imidazole rings is 1. The Bertz CT molecular complexity index is 1350. The van der Waals surface area contributed by atoms with Gasteiger partial charge in [-0.05, 0) is 43.0 Å². The second-order valence-corrected chi connectivity index (χ2v) is 9.40. The molecule has 2 aromatic carbocycles. The Hall–Kier alpha value is -3.47. The summed E-state index contributed by atoms with van der Waals surface area (Å²) in [5, 5.41) is 8.70. The van der Waals surface area contributed by atoms with E-state index in [4.69, 9.17) is 16.3 Å². The van der Waals surface area contributed by atoms with Crippen LogP contribution in [0.5, 0.6) is 5.75 Å². The molecular weight excluding hydrogens is 511 g/mol. The Morgan fingerprint density at radius 1 is 1.19 bits per heavy atom. The Morgan fingerprint density at radius 2 is 1.92 bits per heavy atom. The number of halogens is 4. The lowest BCUT2D eigenvalue weighted by atomic mass is 10.1. The lowest BCUT2D eigenvalue weighted by Crippen LogP contribution is -2.40. The van der Waals surface area contributed by atoms with Crippen LogP contribution in [0.25, 0.3) is 11.0 Å². The van der Waals surface area contributed by atoms with Crippen molar-refractivity contribution in [2.45, 2.75) is 38.9 Å². The average molecular weight is 538 g/mol. The molecule has 37 heavy (non-hydrogen) atoms.